The van der Waals surface area contributed by atoms with Crippen molar-refractivity contribution in [3.8, 4) is 5.75 Å². The van der Waals surface area contributed by atoms with Crippen LogP contribution in [0.5, 0.6) is 5.75 Å². The second-order valence-corrected chi connectivity index (χ2v) is 3.67. The van der Waals surface area contributed by atoms with Gasteiger partial charge in [0.15, 0.2) is 11.6 Å². The van der Waals surface area contributed by atoms with E-state index < -0.39 is 12.4 Å². The van der Waals surface area contributed by atoms with E-state index in [1.54, 1.807) is 13.0 Å². The first-order valence-corrected chi connectivity index (χ1v) is 5.46. The van der Waals surface area contributed by atoms with Gasteiger partial charge in [0.2, 0.25) is 0 Å². The zero-order chi connectivity index (χ0) is 14.5. The Bertz CT molecular complexity index is 449. The molecule has 0 aromatic heterocycles. The largest absolute Gasteiger partial charge is 0.573 e. The average Bonchev–Trinajstić information content (AvgIpc) is 2.35. The van der Waals surface area contributed by atoms with Gasteiger partial charge in [0.05, 0.1) is 11.7 Å². The van der Waals surface area contributed by atoms with Crippen LogP contribution in [-0.4, -0.2) is 23.4 Å². The summed E-state index contributed by atoms with van der Waals surface area (Å²) in [4.78, 5) is 0. The smallest absolute Gasteiger partial charge is 0.409 e. The van der Waals surface area contributed by atoms with Crippen molar-refractivity contribution in [1.29, 1.82) is 0 Å². The molecule has 0 aliphatic heterocycles. The van der Waals surface area contributed by atoms with Crippen LogP contribution < -0.4 is 15.8 Å². The molecule has 0 fully saturated rings. The second-order valence-electron chi connectivity index (χ2n) is 3.67. The summed E-state index contributed by atoms with van der Waals surface area (Å²) in [6, 6.07) is 4.95. The zero-order valence-electron chi connectivity index (χ0n) is 10.1. The summed E-state index contributed by atoms with van der Waals surface area (Å²) < 4.78 is 40.6. The zero-order valence-corrected chi connectivity index (χ0v) is 10.1. The minimum absolute atomic E-state index is 0.110. The number of hydrogen-bond acceptors (Lipinski definition) is 4. The highest BCUT2D eigenvalue weighted by Crippen LogP contribution is 2.30. The molecule has 1 aromatic carbocycles. The molecule has 0 saturated heterocycles. The first-order valence-electron chi connectivity index (χ1n) is 5.46. The first-order chi connectivity index (χ1) is 8.87. The lowest BCUT2D eigenvalue weighted by Crippen LogP contribution is -2.35. The van der Waals surface area contributed by atoms with Crippen LogP contribution in [0.15, 0.2) is 29.4 Å². The molecular weight excluding hydrogens is 263 g/mol. The predicted molar refractivity (Wildman–Crippen MR) is 64.2 cm³/mol. The highest BCUT2D eigenvalue weighted by molar-refractivity contribution is 5.88. The summed E-state index contributed by atoms with van der Waals surface area (Å²) in [5, 5.41) is 14.1. The highest BCUT2D eigenvalue weighted by atomic mass is 19.4. The number of nitrogens with zero attached hydrogens (tertiary/aromatic N) is 1. The Labute approximate surface area is 107 Å². The van der Waals surface area contributed by atoms with Gasteiger partial charge in [-0.25, -0.2) is 0 Å². The van der Waals surface area contributed by atoms with Crippen LogP contribution in [0.1, 0.15) is 13.3 Å². The lowest BCUT2D eigenvalue weighted by molar-refractivity contribution is -0.274. The molecule has 0 aliphatic carbocycles. The van der Waals surface area contributed by atoms with Gasteiger partial charge in [0.1, 0.15) is 0 Å². The minimum Gasteiger partial charge on any atom is -0.409 e. The van der Waals surface area contributed by atoms with Crippen LogP contribution in [0.25, 0.3) is 0 Å². The maximum atomic E-state index is 12.2. The van der Waals surface area contributed by atoms with E-state index in [4.69, 9.17) is 10.9 Å². The lowest BCUT2D eigenvalue weighted by atomic mass is 10.2. The first kappa shape index (κ1) is 14.9. The fraction of sp³-hybridized carbons (Fsp3) is 0.364. The molecule has 0 amide bonds. The molecule has 0 bridgehead atoms. The number of halogens is 3. The number of benzene rings is 1. The molecule has 0 heterocycles. The summed E-state index contributed by atoms with van der Waals surface area (Å²) >= 11 is 0. The molecule has 0 aliphatic rings. The Morgan fingerprint density at radius 1 is 1.47 bits per heavy atom. The minimum atomic E-state index is -4.78. The van der Waals surface area contributed by atoms with Crippen molar-refractivity contribution in [3.63, 3.8) is 0 Å². The van der Waals surface area contributed by atoms with E-state index in [9.17, 15) is 13.2 Å². The molecule has 4 N–H and O–H groups in total. The van der Waals surface area contributed by atoms with Crippen LogP contribution in [0.4, 0.5) is 18.9 Å². The summed E-state index contributed by atoms with van der Waals surface area (Å²) in [5.74, 6) is -0.497. The molecule has 0 spiro atoms. The van der Waals surface area contributed by atoms with Gasteiger partial charge in [-0.15, -0.1) is 13.2 Å². The van der Waals surface area contributed by atoms with Crippen molar-refractivity contribution in [1.82, 2.24) is 0 Å². The normalized spacial score (nSPS) is 14.0. The molecule has 19 heavy (non-hydrogen) atoms. The predicted octanol–water partition coefficient (Wildman–Crippen LogP) is 2.52. The van der Waals surface area contributed by atoms with Gasteiger partial charge in [-0.3, -0.25) is 0 Å². The van der Waals surface area contributed by atoms with Gasteiger partial charge in [-0.2, -0.15) is 0 Å². The number of ether oxygens (including phenoxy) is 1. The van der Waals surface area contributed by atoms with Gasteiger partial charge in [0, 0.05) is 0 Å². The maximum Gasteiger partial charge on any atom is 0.573 e. The third-order valence-electron chi connectivity index (χ3n) is 2.32. The van der Waals surface area contributed by atoms with E-state index in [2.05, 4.69) is 15.2 Å². The van der Waals surface area contributed by atoms with Gasteiger partial charge < -0.3 is 21.0 Å². The Morgan fingerprint density at radius 2 is 2.11 bits per heavy atom. The van der Waals surface area contributed by atoms with Crippen LogP contribution in [0.3, 0.4) is 0 Å². The fourth-order valence-corrected chi connectivity index (χ4v) is 1.44. The molecular formula is C11H14F3N3O2. The van der Waals surface area contributed by atoms with Crippen LogP contribution >= 0.6 is 0 Å². The molecule has 106 valence electrons. The SMILES string of the molecule is CCC(Nc1ccccc1OC(F)(F)F)C(N)=NO. The third-order valence-corrected chi connectivity index (χ3v) is 2.32. The number of para-hydroxylation sites is 2. The standard InChI is InChI=1S/C11H14F3N3O2/c1-2-7(10(15)17-18)16-8-5-3-4-6-9(8)19-11(12,13)14/h3-7,16,18H,2H2,1H3,(H2,15,17). The summed E-state index contributed by atoms with van der Waals surface area (Å²) in [6.07, 6.45) is -4.35. The third kappa shape index (κ3) is 4.57. The van der Waals surface area contributed by atoms with E-state index in [1.807, 2.05) is 0 Å². The number of anilines is 1. The molecule has 5 nitrogen and oxygen atoms in total. The van der Waals surface area contributed by atoms with Gasteiger partial charge in [0.25, 0.3) is 0 Å². The van der Waals surface area contributed by atoms with Crippen molar-refractivity contribution in [2.24, 2.45) is 10.9 Å². The summed E-state index contributed by atoms with van der Waals surface area (Å²) in [7, 11) is 0. The van der Waals surface area contributed by atoms with E-state index in [0.29, 0.717) is 6.42 Å². The Morgan fingerprint density at radius 3 is 2.63 bits per heavy atom. The Hall–Kier alpha value is -2.12. The maximum absolute atomic E-state index is 12.2. The van der Waals surface area contributed by atoms with Crippen LogP contribution in [0.2, 0.25) is 0 Å². The highest BCUT2D eigenvalue weighted by Gasteiger charge is 2.32. The summed E-state index contributed by atoms with van der Waals surface area (Å²) in [6.45, 7) is 1.74. The molecule has 1 rings (SSSR count). The lowest BCUT2D eigenvalue weighted by Gasteiger charge is -2.19. The number of hydrogen-bond donors (Lipinski definition) is 3. The van der Waals surface area contributed by atoms with Gasteiger partial charge >= 0.3 is 6.36 Å². The van der Waals surface area contributed by atoms with Crippen molar-refractivity contribution in [2.75, 3.05) is 5.32 Å². The van der Waals surface area contributed by atoms with E-state index in [1.165, 1.54) is 18.2 Å². The van der Waals surface area contributed by atoms with Crippen molar-refractivity contribution < 1.29 is 23.1 Å². The monoisotopic (exact) mass is 277 g/mol. The van der Waals surface area contributed by atoms with Crippen molar-refractivity contribution in [2.45, 2.75) is 25.7 Å². The number of nitrogens with one attached hydrogen (secondary N) is 1. The number of amidine groups is 1. The van der Waals surface area contributed by atoms with Crippen molar-refractivity contribution in [3.05, 3.63) is 24.3 Å². The number of oxime groups is 1. The topological polar surface area (TPSA) is 79.9 Å². The molecule has 8 heteroatoms. The van der Waals surface area contributed by atoms with Gasteiger partial charge in [-0.1, -0.05) is 24.2 Å². The fourth-order valence-electron chi connectivity index (χ4n) is 1.44. The number of rotatable bonds is 5. The van der Waals surface area contributed by atoms with E-state index in [0.717, 1.165) is 0 Å². The number of nitrogens with two attached hydrogens (primary N) is 1. The van der Waals surface area contributed by atoms with Crippen LogP contribution in [-0.2, 0) is 0 Å². The Balaban J connectivity index is 2.94. The molecule has 1 atom stereocenters. The van der Waals surface area contributed by atoms with E-state index >= 15 is 0 Å². The second kappa shape index (κ2) is 6.17. The molecule has 1 unspecified atom stereocenters. The number of alkyl halides is 3. The van der Waals surface area contributed by atoms with Crippen molar-refractivity contribution >= 4 is 11.5 Å². The molecule has 0 radical (unpaired) electrons. The quantitative estimate of drug-likeness (QED) is 0.334. The average molecular weight is 277 g/mol. The van der Waals surface area contributed by atoms with Crippen LogP contribution in [0, 0.1) is 0 Å². The van der Waals surface area contributed by atoms with E-state index in [-0.39, 0.29) is 17.3 Å². The Kier molecular flexibility index (Phi) is 4.85. The summed E-state index contributed by atoms with van der Waals surface area (Å²) in [5.41, 5.74) is 5.54. The van der Waals surface area contributed by atoms with Gasteiger partial charge in [-0.05, 0) is 18.6 Å². The molecule has 0 saturated carbocycles. The molecule has 1 aromatic rings.